The number of aromatic carboxylic acids is 1. The quantitative estimate of drug-likeness (QED) is 0.780. The highest BCUT2D eigenvalue weighted by Crippen LogP contribution is 2.45. The fourth-order valence-corrected chi connectivity index (χ4v) is 3.06. The lowest BCUT2D eigenvalue weighted by atomic mass is 9.63. The van der Waals surface area contributed by atoms with Crippen molar-refractivity contribution in [1.29, 1.82) is 0 Å². The molecule has 2 rings (SSSR count). The van der Waals surface area contributed by atoms with Crippen LogP contribution in [0.25, 0.3) is 0 Å². The highest BCUT2D eigenvalue weighted by molar-refractivity contribution is 5.93. The first kappa shape index (κ1) is 17.5. The van der Waals surface area contributed by atoms with Crippen LogP contribution in [0.3, 0.4) is 0 Å². The molecule has 1 aromatic rings. The number of hydrogen-bond donors (Lipinski definition) is 1. The Labute approximate surface area is 136 Å². The lowest BCUT2D eigenvalue weighted by Gasteiger charge is -2.54. The lowest BCUT2D eigenvalue weighted by Crippen LogP contribution is -2.62. The monoisotopic (exact) mass is 323 g/mol. The van der Waals surface area contributed by atoms with Crippen LogP contribution in [0, 0.1) is 5.41 Å². The van der Waals surface area contributed by atoms with Crippen LogP contribution in [0.2, 0.25) is 0 Å². The van der Waals surface area contributed by atoms with Gasteiger partial charge in [0.05, 0.1) is 6.10 Å². The van der Waals surface area contributed by atoms with E-state index in [1.54, 1.807) is 11.9 Å². The number of rotatable bonds is 7. The van der Waals surface area contributed by atoms with Crippen molar-refractivity contribution in [2.45, 2.75) is 52.2 Å². The molecule has 1 fully saturated rings. The second-order valence-electron chi connectivity index (χ2n) is 6.67. The summed E-state index contributed by atoms with van der Waals surface area (Å²) in [5.41, 5.74) is -0.139. The van der Waals surface area contributed by atoms with E-state index in [9.17, 15) is 9.59 Å². The number of carboxylic acids is 1. The molecule has 1 saturated carbocycles. The number of carbonyl (C=O) groups excluding carboxylic acids is 1. The number of amides is 1. The van der Waals surface area contributed by atoms with Gasteiger partial charge in [0.15, 0.2) is 5.76 Å². The minimum atomic E-state index is -1.18. The molecule has 0 bridgehead atoms. The van der Waals surface area contributed by atoms with Gasteiger partial charge in [-0.25, -0.2) is 4.79 Å². The van der Waals surface area contributed by atoms with Crippen LogP contribution < -0.4 is 0 Å². The lowest BCUT2D eigenvalue weighted by molar-refractivity contribution is -0.140. The zero-order valence-electron chi connectivity index (χ0n) is 14.2. The van der Waals surface area contributed by atoms with E-state index in [1.807, 2.05) is 0 Å². The van der Waals surface area contributed by atoms with Crippen molar-refractivity contribution in [1.82, 2.24) is 4.90 Å². The summed E-state index contributed by atoms with van der Waals surface area (Å²) in [6.45, 7) is 7.05. The van der Waals surface area contributed by atoms with Crippen LogP contribution in [0.5, 0.6) is 0 Å². The van der Waals surface area contributed by atoms with Crippen LogP contribution in [0.15, 0.2) is 16.5 Å². The molecule has 0 aliphatic heterocycles. The number of ether oxygens (including phenoxy) is 1. The number of unbranched alkanes of at least 4 members (excludes halogenated alkanes) is 1. The summed E-state index contributed by atoms with van der Waals surface area (Å²) in [7, 11) is 1.72. The van der Waals surface area contributed by atoms with Gasteiger partial charge in [0.1, 0.15) is 0 Å². The van der Waals surface area contributed by atoms with Gasteiger partial charge in [-0.3, -0.25) is 4.79 Å². The van der Waals surface area contributed by atoms with E-state index in [4.69, 9.17) is 14.3 Å². The molecule has 128 valence electrons. The van der Waals surface area contributed by atoms with Gasteiger partial charge in [0.25, 0.3) is 5.91 Å². The Morgan fingerprint density at radius 3 is 2.57 bits per heavy atom. The van der Waals surface area contributed by atoms with E-state index in [0.717, 1.165) is 25.9 Å². The smallest absolute Gasteiger partial charge is 0.371 e. The molecule has 23 heavy (non-hydrogen) atoms. The van der Waals surface area contributed by atoms with E-state index in [2.05, 4.69) is 20.8 Å². The number of carbonyl (C=O) groups is 2. The summed E-state index contributed by atoms with van der Waals surface area (Å²) in [4.78, 5) is 24.9. The second-order valence-corrected chi connectivity index (χ2v) is 6.67. The number of hydrogen-bond acceptors (Lipinski definition) is 4. The second kappa shape index (κ2) is 6.74. The Bertz CT molecular complexity index is 577. The third-order valence-electron chi connectivity index (χ3n) is 4.76. The van der Waals surface area contributed by atoms with Crippen molar-refractivity contribution in [2.24, 2.45) is 5.41 Å². The topological polar surface area (TPSA) is 80.0 Å². The minimum Gasteiger partial charge on any atom is -0.475 e. The largest absolute Gasteiger partial charge is 0.475 e. The molecule has 1 amide bonds. The molecular weight excluding hydrogens is 298 g/mol. The number of nitrogens with zero attached hydrogens (tertiary/aromatic N) is 1. The summed E-state index contributed by atoms with van der Waals surface area (Å²) in [6, 6.07) is 2.75. The van der Waals surface area contributed by atoms with Gasteiger partial charge < -0.3 is 19.2 Å². The molecule has 1 heterocycles. The van der Waals surface area contributed by atoms with Gasteiger partial charge in [-0.1, -0.05) is 27.2 Å². The SMILES string of the molecule is CCCCOC1CC(N(C)C(=O)c2ccc(C(=O)O)o2)C1(C)C. The minimum absolute atomic E-state index is 0.0417. The maximum Gasteiger partial charge on any atom is 0.371 e. The van der Waals surface area contributed by atoms with E-state index in [1.165, 1.54) is 12.1 Å². The third kappa shape index (κ3) is 3.42. The summed E-state index contributed by atoms with van der Waals surface area (Å²) >= 11 is 0. The van der Waals surface area contributed by atoms with Crippen LogP contribution in [0.1, 0.15) is 61.1 Å². The van der Waals surface area contributed by atoms with Crippen LogP contribution in [-0.2, 0) is 4.74 Å². The first-order valence-corrected chi connectivity index (χ1v) is 8.01. The Balaban J connectivity index is 1.99. The van der Waals surface area contributed by atoms with Gasteiger partial charge in [-0.05, 0) is 25.0 Å². The van der Waals surface area contributed by atoms with Gasteiger partial charge in [0.2, 0.25) is 5.76 Å². The van der Waals surface area contributed by atoms with Crippen LogP contribution in [-0.4, -0.2) is 47.7 Å². The molecular formula is C17H25NO5. The number of carboxylic acid groups (broad SMARTS) is 1. The molecule has 1 N–H and O–H groups in total. The van der Waals surface area contributed by atoms with E-state index in [0.29, 0.717) is 0 Å². The Kier molecular flexibility index (Phi) is 5.14. The van der Waals surface area contributed by atoms with Crippen LogP contribution >= 0.6 is 0 Å². The molecule has 1 aromatic heterocycles. The summed E-state index contributed by atoms with van der Waals surface area (Å²) < 4.78 is 11.0. The average molecular weight is 323 g/mol. The van der Waals surface area contributed by atoms with Crippen molar-refractivity contribution < 1.29 is 23.8 Å². The molecule has 1 aliphatic rings. The predicted octanol–water partition coefficient (Wildman–Crippen LogP) is 3.03. The predicted molar refractivity (Wildman–Crippen MR) is 84.6 cm³/mol. The Morgan fingerprint density at radius 1 is 1.39 bits per heavy atom. The Morgan fingerprint density at radius 2 is 2.04 bits per heavy atom. The fourth-order valence-electron chi connectivity index (χ4n) is 3.06. The van der Waals surface area contributed by atoms with Crippen molar-refractivity contribution in [3.8, 4) is 0 Å². The van der Waals surface area contributed by atoms with Gasteiger partial charge in [0, 0.05) is 25.1 Å². The molecule has 0 aromatic carbocycles. The fraction of sp³-hybridized carbons (Fsp3) is 0.647. The normalized spacial score (nSPS) is 22.4. The molecule has 6 nitrogen and oxygen atoms in total. The summed E-state index contributed by atoms with van der Waals surface area (Å²) in [5, 5.41) is 8.87. The van der Waals surface area contributed by atoms with Gasteiger partial charge >= 0.3 is 5.97 Å². The number of furan rings is 1. The average Bonchev–Trinajstić information content (AvgIpc) is 2.99. The zero-order chi connectivity index (χ0) is 17.2. The van der Waals surface area contributed by atoms with Crippen molar-refractivity contribution in [3.63, 3.8) is 0 Å². The first-order valence-electron chi connectivity index (χ1n) is 8.01. The van der Waals surface area contributed by atoms with Crippen LogP contribution in [0.4, 0.5) is 0 Å². The highest BCUT2D eigenvalue weighted by atomic mass is 16.5. The van der Waals surface area contributed by atoms with E-state index < -0.39 is 5.97 Å². The molecule has 0 spiro atoms. The summed E-state index contributed by atoms with van der Waals surface area (Å²) in [6.07, 6.45) is 3.06. The highest BCUT2D eigenvalue weighted by Gasteiger charge is 2.52. The molecule has 2 unspecified atom stereocenters. The molecule has 6 heteroatoms. The van der Waals surface area contributed by atoms with E-state index in [-0.39, 0.29) is 35.0 Å². The molecule has 2 atom stereocenters. The molecule has 1 aliphatic carbocycles. The van der Waals surface area contributed by atoms with Crippen molar-refractivity contribution >= 4 is 11.9 Å². The standard InChI is InChI=1S/C17H25NO5/c1-5-6-9-22-14-10-13(17(14,2)3)18(4)15(19)11-7-8-12(23-11)16(20)21/h7-8,13-14H,5-6,9-10H2,1-4H3,(H,20,21). The van der Waals surface area contributed by atoms with Gasteiger partial charge in [-0.15, -0.1) is 0 Å². The van der Waals surface area contributed by atoms with Crippen molar-refractivity contribution in [3.05, 3.63) is 23.7 Å². The zero-order valence-corrected chi connectivity index (χ0v) is 14.2. The van der Waals surface area contributed by atoms with Crippen molar-refractivity contribution in [2.75, 3.05) is 13.7 Å². The molecule has 0 radical (unpaired) electrons. The third-order valence-corrected chi connectivity index (χ3v) is 4.76. The maximum absolute atomic E-state index is 12.5. The maximum atomic E-state index is 12.5. The summed E-state index contributed by atoms with van der Waals surface area (Å²) in [5.74, 6) is -1.66. The molecule has 0 saturated heterocycles. The first-order chi connectivity index (χ1) is 10.8. The Hall–Kier alpha value is -1.82. The van der Waals surface area contributed by atoms with E-state index >= 15 is 0 Å². The van der Waals surface area contributed by atoms with Gasteiger partial charge in [-0.2, -0.15) is 0 Å².